The molecule has 0 unspecified atom stereocenters. The van der Waals surface area contributed by atoms with E-state index in [0.717, 1.165) is 10.6 Å². The summed E-state index contributed by atoms with van der Waals surface area (Å²) in [6.45, 7) is -0.108. The second-order valence-corrected chi connectivity index (χ2v) is 8.49. The molecule has 1 amide bonds. The SMILES string of the molecule is O=C1CC[C@@]2(C(=O)OCc3cc(=O)n4ccsc4n3)Sc3ccccc3N12. The molecule has 1 aromatic carbocycles. The van der Waals surface area contributed by atoms with Gasteiger partial charge in [-0.3, -0.25) is 18.9 Å². The summed E-state index contributed by atoms with van der Waals surface area (Å²) in [6, 6.07) is 8.82. The highest BCUT2D eigenvalue weighted by Gasteiger charge is 2.58. The van der Waals surface area contributed by atoms with Crippen LogP contribution >= 0.6 is 23.1 Å². The summed E-state index contributed by atoms with van der Waals surface area (Å²) < 4.78 is 6.96. The van der Waals surface area contributed by atoms with E-state index in [1.807, 2.05) is 24.3 Å². The Morgan fingerprint density at radius 2 is 2.15 bits per heavy atom. The Morgan fingerprint density at radius 1 is 1.30 bits per heavy atom. The number of hydrogen-bond donors (Lipinski definition) is 0. The summed E-state index contributed by atoms with van der Waals surface area (Å²) in [7, 11) is 0. The monoisotopic (exact) mass is 399 g/mol. The molecule has 0 spiro atoms. The smallest absolute Gasteiger partial charge is 0.343 e. The van der Waals surface area contributed by atoms with Crippen molar-refractivity contribution in [2.75, 3.05) is 4.90 Å². The normalized spacial score (nSPS) is 20.7. The predicted octanol–water partition coefficient (Wildman–Crippen LogP) is 2.43. The number of fused-ring (bicyclic) bond motifs is 4. The number of rotatable bonds is 3. The van der Waals surface area contributed by atoms with Gasteiger partial charge in [-0.15, -0.1) is 11.3 Å². The van der Waals surface area contributed by atoms with Crippen molar-refractivity contribution >= 4 is 45.6 Å². The highest BCUT2D eigenvalue weighted by Crippen LogP contribution is 2.56. The summed E-state index contributed by atoms with van der Waals surface area (Å²) >= 11 is 2.69. The molecule has 136 valence electrons. The molecule has 2 aromatic heterocycles. The van der Waals surface area contributed by atoms with Crippen LogP contribution in [0.25, 0.3) is 4.96 Å². The maximum absolute atomic E-state index is 13.0. The number of thioether (sulfide) groups is 1. The van der Waals surface area contributed by atoms with Gasteiger partial charge in [-0.1, -0.05) is 23.9 Å². The van der Waals surface area contributed by atoms with Gasteiger partial charge in [0.15, 0.2) is 9.83 Å². The van der Waals surface area contributed by atoms with Crippen molar-refractivity contribution in [3.8, 4) is 0 Å². The van der Waals surface area contributed by atoms with E-state index in [1.54, 1.807) is 16.5 Å². The molecule has 0 N–H and O–H groups in total. The van der Waals surface area contributed by atoms with Gasteiger partial charge in [-0.25, -0.2) is 9.78 Å². The van der Waals surface area contributed by atoms with Crippen molar-refractivity contribution < 1.29 is 14.3 Å². The molecule has 2 aliphatic heterocycles. The average Bonchev–Trinajstić information content (AvgIpc) is 3.34. The van der Waals surface area contributed by atoms with Gasteiger partial charge in [0, 0.05) is 35.4 Å². The van der Waals surface area contributed by atoms with E-state index in [9.17, 15) is 14.4 Å². The number of anilines is 1. The first-order valence-corrected chi connectivity index (χ1v) is 10.0. The second-order valence-electron chi connectivity index (χ2n) is 6.30. The second kappa shape index (κ2) is 5.93. The Bertz CT molecular complexity index is 1150. The molecule has 1 atom stereocenters. The minimum atomic E-state index is -1.07. The number of carbonyl (C=O) groups excluding carboxylic acids is 2. The van der Waals surface area contributed by atoms with Crippen molar-refractivity contribution in [1.82, 2.24) is 9.38 Å². The van der Waals surface area contributed by atoms with Crippen molar-refractivity contribution in [2.45, 2.75) is 29.2 Å². The molecule has 0 radical (unpaired) electrons. The predicted molar refractivity (Wildman–Crippen MR) is 101 cm³/mol. The number of hydrogen-bond acceptors (Lipinski definition) is 7. The quantitative estimate of drug-likeness (QED) is 0.629. The van der Waals surface area contributed by atoms with Crippen LogP contribution in [0.4, 0.5) is 5.69 Å². The summed E-state index contributed by atoms with van der Waals surface area (Å²) in [5, 5.41) is 1.77. The minimum absolute atomic E-state index is 0.0826. The Kier molecular flexibility index (Phi) is 3.63. The van der Waals surface area contributed by atoms with Gasteiger partial charge in [0.05, 0.1) is 11.4 Å². The molecule has 5 rings (SSSR count). The number of thiazole rings is 1. The highest BCUT2D eigenvalue weighted by atomic mass is 32.2. The van der Waals surface area contributed by atoms with Gasteiger partial charge in [0.25, 0.3) is 5.56 Å². The van der Waals surface area contributed by atoms with Crippen LogP contribution in [0.15, 0.2) is 51.6 Å². The van der Waals surface area contributed by atoms with Gasteiger partial charge in [-0.2, -0.15) is 0 Å². The molecular weight excluding hydrogens is 386 g/mol. The number of carbonyl (C=O) groups is 2. The van der Waals surface area contributed by atoms with Crippen LogP contribution in [0.1, 0.15) is 18.5 Å². The van der Waals surface area contributed by atoms with Gasteiger partial charge in [-0.05, 0) is 12.1 Å². The molecule has 7 nitrogen and oxygen atoms in total. The summed E-state index contributed by atoms with van der Waals surface area (Å²) in [5.41, 5.74) is 0.924. The van der Waals surface area contributed by atoms with E-state index in [-0.39, 0.29) is 18.1 Å². The van der Waals surface area contributed by atoms with E-state index in [2.05, 4.69) is 4.98 Å². The average molecular weight is 399 g/mol. The van der Waals surface area contributed by atoms with Crippen LogP contribution in [0.5, 0.6) is 0 Å². The maximum atomic E-state index is 13.0. The zero-order valence-electron chi connectivity index (χ0n) is 14.0. The zero-order chi connectivity index (χ0) is 18.6. The third-order valence-corrected chi connectivity index (χ3v) is 6.91. The Hall–Kier alpha value is -2.65. The molecule has 0 saturated carbocycles. The Balaban J connectivity index is 1.42. The largest absolute Gasteiger partial charge is 0.457 e. The summed E-state index contributed by atoms with van der Waals surface area (Å²) in [6.07, 6.45) is 2.35. The van der Waals surface area contributed by atoms with Crippen molar-refractivity contribution in [3.63, 3.8) is 0 Å². The Morgan fingerprint density at radius 3 is 3.04 bits per heavy atom. The van der Waals surface area contributed by atoms with Crippen LogP contribution in [0.3, 0.4) is 0 Å². The molecular formula is C18H13N3O4S2. The third kappa shape index (κ3) is 2.42. The number of para-hydroxylation sites is 1. The van der Waals surface area contributed by atoms with Gasteiger partial charge >= 0.3 is 5.97 Å². The van der Waals surface area contributed by atoms with E-state index in [1.165, 1.54) is 33.6 Å². The number of ether oxygens (including phenoxy) is 1. The van der Waals surface area contributed by atoms with Crippen molar-refractivity contribution in [2.24, 2.45) is 0 Å². The maximum Gasteiger partial charge on any atom is 0.343 e. The van der Waals surface area contributed by atoms with Gasteiger partial charge in [0.1, 0.15) is 6.61 Å². The number of nitrogens with zero attached hydrogens (tertiary/aromatic N) is 3. The first-order valence-electron chi connectivity index (χ1n) is 8.33. The lowest BCUT2D eigenvalue weighted by Gasteiger charge is -2.28. The first kappa shape index (κ1) is 16.5. The lowest BCUT2D eigenvalue weighted by atomic mass is 10.2. The van der Waals surface area contributed by atoms with Crippen molar-refractivity contribution in [3.05, 3.63) is 58.0 Å². The van der Waals surface area contributed by atoms with Crippen LogP contribution in [0, 0.1) is 0 Å². The third-order valence-electron chi connectivity index (χ3n) is 4.70. The number of amides is 1. The molecule has 2 aliphatic rings. The van der Waals surface area contributed by atoms with Crippen LogP contribution in [-0.4, -0.2) is 26.1 Å². The number of benzene rings is 1. The van der Waals surface area contributed by atoms with Crippen LogP contribution in [-0.2, 0) is 20.9 Å². The summed E-state index contributed by atoms with van der Waals surface area (Å²) in [5.74, 6) is -0.566. The molecule has 27 heavy (non-hydrogen) atoms. The number of esters is 1. The highest BCUT2D eigenvalue weighted by molar-refractivity contribution is 8.02. The standard InChI is InChI=1S/C18H13N3O4S2/c22-14-5-6-18(21(14)12-3-1-2-4-13(12)27-18)16(24)25-10-11-9-15(23)20-7-8-26-17(20)19-11/h1-4,7-9H,5-6,10H2/t18-/m0/s1. The molecule has 1 fully saturated rings. The Labute approximate surface area is 161 Å². The number of aromatic nitrogens is 2. The van der Waals surface area contributed by atoms with E-state index in [4.69, 9.17) is 4.74 Å². The van der Waals surface area contributed by atoms with Crippen molar-refractivity contribution in [1.29, 1.82) is 0 Å². The molecule has 1 saturated heterocycles. The van der Waals surface area contributed by atoms with Crippen LogP contribution in [0.2, 0.25) is 0 Å². The lowest BCUT2D eigenvalue weighted by Crippen LogP contribution is -2.47. The fraction of sp³-hybridized carbons (Fsp3) is 0.222. The van der Waals surface area contributed by atoms with E-state index >= 15 is 0 Å². The van der Waals surface area contributed by atoms with Gasteiger partial charge in [0.2, 0.25) is 5.91 Å². The fourth-order valence-electron chi connectivity index (χ4n) is 3.49. The zero-order valence-corrected chi connectivity index (χ0v) is 15.6. The van der Waals surface area contributed by atoms with E-state index in [0.29, 0.717) is 23.5 Å². The molecule has 4 heterocycles. The molecule has 9 heteroatoms. The topological polar surface area (TPSA) is 81.0 Å². The first-order chi connectivity index (χ1) is 13.1. The van der Waals surface area contributed by atoms with Crippen LogP contribution < -0.4 is 10.5 Å². The summed E-state index contributed by atoms with van der Waals surface area (Å²) in [4.78, 5) is 43.7. The molecule has 0 aliphatic carbocycles. The molecule has 3 aromatic rings. The minimum Gasteiger partial charge on any atom is -0.457 e. The van der Waals surface area contributed by atoms with E-state index < -0.39 is 10.8 Å². The molecule has 0 bridgehead atoms. The fourth-order valence-corrected chi connectivity index (χ4v) is 5.64. The lowest BCUT2D eigenvalue weighted by molar-refractivity contribution is -0.148. The van der Waals surface area contributed by atoms with Gasteiger partial charge < -0.3 is 4.74 Å².